The summed E-state index contributed by atoms with van der Waals surface area (Å²) in [5, 5.41) is 31.7. The third-order valence-electron chi connectivity index (χ3n) is 3.79. The molecule has 1 saturated heterocycles. The van der Waals surface area contributed by atoms with Crippen LogP contribution in [0.5, 0.6) is 0 Å². The topological polar surface area (TPSA) is 135 Å². The average molecular weight is 349 g/mol. The van der Waals surface area contributed by atoms with Crippen LogP contribution in [0.25, 0.3) is 0 Å². The van der Waals surface area contributed by atoms with E-state index < -0.39 is 43.2 Å². The van der Waals surface area contributed by atoms with Gasteiger partial charge in [0.15, 0.2) is 6.29 Å². The van der Waals surface area contributed by atoms with Gasteiger partial charge in [0.25, 0.3) is 0 Å². The lowest BCUT2D eigenvalue weighted by atomic mass is 9.97. The van der Waals surface area contributed by atoms with Crippen LogP contribution in [0.15, 0.2) is 0 Å². The number of hydrogen-bond acceptors (Lipinski definition) is 8. The zero-order chi connectivity index (χ0) is 18.1. The molecule has 0 radical (unpaired) electrons. The molecule has 4 N–H and O–H groups in total. The Morgan fingerprint density at radius 2 is 1.88 bits per heavy atom. The molecule has 0 saturated carbocycles. The molecule has 0 aromatic carbocycles. The molecular weight excluding hydrogens is 322 g/mol. The second-order valence-electron chi connectivity index (χ2n) is 5.69. The number of hydrogen-bond donors (Lipinski definition) is 4. The molecule has 1 aliphatic rings. The molecule has 0 aromatic rings. The maximum Gasteiger partial charge on any atom is 0.305 e. The standard InChI is InChI=1S/C15H27NO8/c1-9(18)16-12-14(21)13(20)10(8-17)24-15(12)23-7-5-3-4-6-11(19)22-2/h10,12-15,17,20-21H,3-8H2,1-2H3,(H,16,18). The smallest absolute Gasteiger partial charge is 0.305 e. The van der Waals surface area contributed by atoms with Gasteiger partial charge in [-0.25, -0.2) is 0 Å². The number of unbranched alkanes of at least 4 members (excludes halogenated alkanes) is 2. The number of carbonyl (C=O) groups is 2. The minimum absolute atomic E-state index is 0.264. The number of methoxy groups -OCH3 is 1. The van der Waals surface area contributed by atoms with Gasteiger partial charge in [0.1, 0.15) is 24.4 Å². The van der Waals surface area contributed by atoms with E-state index in [1.807, 2.05) is 0 Å². The van der Waals surface area contributed by atoms with Gasteiger partial charge in [-0.2, -0.15) is 0 Å². The zero-order valence-electron chi connectivity index (χ0n) is 14.0. The van der Waals surface area contributed by atoms with Gasteiger partial charge in [0.05, 0.1) is 13.7 Å². The summed E-state index contributed by atoms with van der Waals surface area (Å²) in [5.41, 5.74) is 0. The van der Waals surface area contributed by atoms with Crippen molar-refractivity contribution in [1.82, 2.24) is 5.32 Å². The molecular formula is C15H27NO8. The van der Waals surface area contributed by atoms with Gasteiger partial charge in [-0.05, 0) is 12.8 Å². The largest absolute Gasteiger partial charge is 0.469 e. The lowest BCUT2D eigenvalue weighted by Crippen LogP contribution is -2.64. The summed E-state index contributed by atoms with van der Waals surface area (Å²) in [6, 6.07) is -0.935. The predicted molar refractivity (Wildman–Crippen MR) is 81.8 cm³/mol. The first-order valence-corrected chi connectivity index (χ1v) is 7.98. The number of amides is 1. The number of ether oxygens (including phenoxy) is 3. The monoisotopic (exact) mass is 349 g/mol. The zero-order valence-corrected chi connectivity index (χ0v) is 14.0. The van der Waals surface area contributed by atoms with Crippen molar-refractivity contribution in [1.29, 1.82) is 0 Å². The second kappa shape index (κ2) is 10.6. The van der Waals surface area contributed by atoms with Crippen molar-refractivity contribution in [2.75, 3.05) is 20.3 Å². The van der Waals surface area contributed by atoms with E-state index in [9.17, 15) is 24.9 Å². The van der Waals surface area contributed by atoms with E-state index >= 15 is 0 Å². The fraction of sp³-hybridized carbons (Fsp3) is 0.867. The van der Waals surface area contributed by atoms with E-state index in [4.69, 9.17) is 9.47 Å². The van der Waals surface area contributed by atoms with Crippen LogP contribution in [0.2, 0.25) is 0 Å². The molecule has 0 spiro atoms. The van der Waals surface area contributed by atoms with Crippen LogP contribution in [-0.2, 0) is 23.8 Å². The highest BCUT2D eigenvalue weighted by atomic mass is 16.7. The molecule has 24 heavy (non-hydrogen) atoms. The lowest BCUT2D eigenvalue weighted by molar-refractivity contribution is -0.270. The van der Waals surface area contributed by atoms with Gasteiger partial charge in [-0.15, -0.1) is 0 Å². The number of aliphatic hydroxyl groups is 3. The molecule has 1 amide bonds. The molecule has 1 aliphatic heterocycles. The minimum Gasteiger partial charge on any atom is -0.469 e. The third-order valence-corrected chi connectivity index (χ3v) is 3.79. The molecule has 9 heteroatoms. The number of nitrogens with one attached hydrogen (secondary N) is 1. The first-order valence-electron chi connectivity index (χ1n) is 7.98. The molecule has 0 aromatic heterocycles. The number of aliphatic hydroxyl groups excluding tert-OH is 3. The van der Waals surface area contributed by atoms with E-state index in [2.05, 4.69) is 10.1 Å². The maximum absolute atomic E-state index is 11.3. The van der Waals surface area contributed by atoms with Gasteiger partial charge in [-0.1, -0.05) is 6.42 Å². The number of carbonyl (C=O) groups excluding carboxylic acids is 2. The summed E-state index contributed by atoms with van der Waals surface area (Å²) >= 11 is 0. The molecule has 5 unspecified atom stereocenters. The fourth-order valence-electron chi connectivity index (χ4n) is 2.46. The van der Waals surface area contributed by atoms with E-state index in [0.717, 1.165) is 6.42 Å². The van der Waals surface area contributed by atoms with Gasteiger partial charge < -0.3 is 34.8 Å². The molecule has 0 bridgehead atoms. The molecule has 5 atom stereocenters. The van der Waals surface area contributed by atoms with Crippen molar-refractivity contribution >= 4 is 11.9 Å². The summed E-state index contributed by atoms with van der Waals surface area (Å²) < 4.78 is 15.5. The molecule has 9 nitrogen and oxygen atoms in total. The van der Waals surface area contributed by atoms with Crippen molar-refractivity contribution in [3.8, 4) is 0 Å². The van der Waals surface area contributed by atoms with Crippen LogP contribution < -0.4 is 5.32 Å². The molecule has 1 heterocycles. The van der Waals surface area contributed by atoms with E-state index in [1.54, 1.807) is 0 Å². The van der Waals surface area contributed by atoms with E-state index in [-0.39, 0.29) is 12.6 Å². The second-order valence-corrected chi connectivity index (χ2v) is 5.69. The first-order chi connectivity index (χ1) is 11.4. The summed E-state index contributed by atoms with van der Waals surface area (Å²) in [5.74, 6) is -0.663. The summed E-state index contributed by atoms with van der Waals surface area (Å²) in [6.45, 7) is 1.08. The summed E-state index contributed by atoms with van der Waals surface area (Å²) in [6.07, 6.45) is -2.23. The molecule has 1 fully saturated rings. The Bertz CT molecular complexity index is 405. The Morgan fingerprint density at radius 1 is 1.17 bits per heavy atom. The van der Waals surface area contributed by atoms with Gasteiger partial charge in [-0.3, -0.25) is 9.59 Å². The third kappa shape index (κ3) is 6.33. The van der Waals surface area contributed by atoms with Crippen LogP contribution >= 0.6 is 0 Å². The van der Waals surface area contributed by atoms with E-state index in [0.29, 0.717) is 19.3 Å². The van der Waals surface area contributed by atoms with Crippen LogP contribution in [0.4, 0.5) is 0 Å². The maximum atomic E-state index is 11.3. The average Bonchev–Trinajstić information content (AvgIpc) is 2.56. The quantitative estimate of drug-likeness (QED) is 0.297. The van der Waals surface area contributed by atoms with Crippen molar-refractivity contribution in [2.45, 2.75) is 63.3 Å². The number of rotatable bonds is 9. The van der Waals surface area contributed by atoms with Crippen molar-refractivity contribution in [3.63, 3.8) is 0 Å². The van der Waals surface area contributed by atoms with Crippen LogP contribution in [-0.4, -0.2) is 78.2 Å². The highest BCUT2D eigenvalue weighted by Crippen LogP contribution is 2.22. The normalized spacial score (nSPS) is 30.0. The summed E-state index contributed by atoms with van der Waals surface area (Å²) in [7, 11) is 1.34. The van der Waals surface area contributed by atoms with Crippen LogP contribution in [0, 0.1) is 0 Å². The molecule has 1 rings (SSSR count). The lowest BCUT2D eigenvalue weighted by Gasteiger charge is -2.42. The van der Waals surface area contributed by atoms with Crippen molar-refractivity contribution in [3.05, 3.63) is 0 Å². The van der Waals surface area contributed by atoms with Gasteiger partial charge in [0.2, 0.25) is 5.91 Å². The van der Waals surface area contributed by atoms with E-state index in [1.165, 1.54) is 14.0 Å². The predicted octanol–water partition coefficient (Wildman–Crippen LogP) is -1.32. The van der Waals surface area contributed by atoms with Gasteiger partial charge in [0, 0.05) is 20.0 Å². The molecule has 0 aliphatic carbocycles. The Kier molecular flexibility index (Phi) is 9.16. The Morgan fingerprint density at radius 3 is 2.46 bits per heavy atom. The number of esters is 1. The minimum atomic E-state index is -1.33. The first kappa shape index (κ1) is 20.8. The van der Waals surface area contributed by atoms with Crippen LogP contribution in [0.3, 0.4) is 0 Å². The highest BCUT2D eigenvalue weighted by molar-refractivity contribution is 5.73. The Balaban J connectivity index is 2.45. The molecule has 140 valence electrons. The Hall–Kier alpha value is -1.26. The van der Waals surface area contributed by atoms with Crippen molar-refractivity contribution in [2.24, 2.45) is 0 Å². The highest BCUT2D eigenvalue weighted by Gasteiger charge is 2.45. The fourth-order valence-corrected chi connectivity index (χ4v) is 2.46. The van der Waals surface area contributed by atoms with Gasteiger partial charge >= 0.3 is 5.97 Å². The van der Waals surface area contributed by atoms with Crippen LogP contribution in [0.1, 0.15) is 32.6 Å². The SMILES string of the molecule is COC(=O)CCCCCOC1OC(CO)C(O)C(O)C1NC(C)=O. The van der Waals surface area contributed by atoms with Crippen molar-refractivity contribution < 1.29 is 39.1 Å². The Labute approximate surface area is 140 Å². The summed E-state index contributed by atoms with van der Waals surface area (Å²) in [4.78, 5) is 22.2.